The standard InChI is InChI=1S/C22H17BrN4O4/c1-11-18-19(15-9-13(23)6-7-17(15)30-2)16(10-24)20(25)31-21(18)27(26-11)14-5-3-4-12(8-14)22(28)29/h3-9,19H,25H2,1-2H3,(H,28,29). The summed E-state index contributed by atoms with van der Waals surface area (Å²) in [6, 6.07) is 14.0. The van der Waals surface area contributed by atoms with Crippen LogP contribution < -0.4 is 15.2 Å². The molecule has 31 heavy (non-hydrogen) atoms. The Kier molecular flexibility index (Phi) is 5.17. The lowest BCUT2D eigenvalue weighted by molar-refractivity contribution is 0.0697. The summed E-state index contributed by atoms with van der Waals surface area (Å²) in [4.78, 5) is 11.4. The monoisotopic (exact) mass is 480 g/mol. The van der Waals surface area contributed by atoms with Crippen LogP contribution in [-0.4, -0.2) is 28.0 Å². The zero-order chi connectivity index (χ0) is 22.3. The van der Waals surface area contributed by atoms with E-state index in [1.807, 2.05) is 12.1 Å². The van der Waals surface area contributed by atoms with Crippen LogP contribution in [-0.2, 0) is 0 Å². The van der Waals surface area contributed by atoms with Gasteiger partial charge in [-0.05, 0) is 43.3 Å². The molecule has 3 aromatic rings. The van der Waals surface area contributed by atoms with E-state index < -0.39 is 11.9 Å². The van der Waals surface area contributed by atoms with Crippen molar-refractivity contribution in [2.24, 2.45) is 5.73 Å². The Morgan fingerprint density at radius 3 is 2.81 bits per heavy atom. The van der Waals surface area contributed by atoms with Gasteiger partial charge in [0.2, 0.25) is 11.8 Å². The molecular weight excluding hydrogens is 464 g/mol. The minimum atomic E-state index is -1.05. The van der Waals surface area contributed by atoms with E-state index in [-0.39, 0.29) is 17.0 Å². The summed E-state index contributed by atoms with van der Waals surface area (Å²) in [5.41, 5.74) is 8.99. The number of aryl methyl sites for hydroxylation is 1. The van der Waals surface area contributed by atoms with Gasteiger partial charge in [-0.25, -0.2) is 9.48 Å². The molecule has 1 aliphatic rings. The summed E-state index contributed by atoms with van der Waals surface area (Å²) in [6.45, 7) is 1.80. The molecule has 0 aliphatic carbocycles. The van der Waals surface area contributed by atoms with E-state index >= 15 is 0 Å². The molecule has 3 N–H and O–H groups in total. The van der Waals surface area contributed by atoms with Crippen molar-refractivity contribution in [2.45, 2.75) is 12.8 Å². The van der Waals surface area contributed by atoms with E-state index in [0.29, 0.717) is 28.6 Å². The van der Waals surface area contributed by atoms with E-state index in [1.165, 1.54) is 16.8 Å². The van der Waals surface area contributed by atoms with Gasteiger partial charge < -0.3 is 20.3 Å². The Bertz CT molecular complexity index is 1290. The fraction of sp³-hybridized carbons (Fsp3) is 0.136. The maximum absolute atomic E-state index is 11.4. The number of halogens is 1. The molecule has 0 saturated carbocycles. The van der Waals surface area contributed by atoms with Gasteiger partial charge in [-0.15, -0.1) is 0 Å². The number of hydrogen-bond acceptors (Lipinski definition) is 6. The molecule has 0 spiro atoms. The third-order valence-electron chi connectivity index (χ3n) is 5.07. The average molecular weight is 481 g/mol. The van der Waals surface area contributed by atoms with Gasteiger partial charge in [0.25, 0.3) is 0 Å². The number of aromatic carboxylic acids is 1. The van der Waals surface area contributed by atoms with E-state index in [1.54, 1.807) is 32.2 Å². The molecule has 0 amide bonds. The Morgan fingerprint density at radius 2 is 2.13 bits per heavy atom. The first-order valence-corrected chi connectivity index (χ1v) is 9.99. The van der Waals surface area contributed by atoms with Gasteiger partial charge in [0, 0.05) is 10.0 Å². The number of nitrogens with zero attached hydrogens (tertiary/aromatic N) is 3. The highest BCUT2D eigenvalue weighted by molar-refractivity contribution is 9.10. The molecule has 2 heterocycles. The van der Waals surface area contributed by atoms with Crippen molar-refractivity contribution in [2.75, 3.05) is 7.11 Å². The molecule has 1 aliphatic heterocycles. The number of nitriles is 1. The van der Waals surface area contributed by atoms with Gasteiger partial charge in [0.1, 0.15) is 17.4 Å². The van der Waals surface area contributed by atoms with Crippen LogP contribution in [0.25, 0.3) is 5.69 Å². The van der Waals surface area contributed by atoms with Crippen molar-refractivity contribution < 1.29 is 19.4 Å². The lowest BCUT2D eigenvalue weighted by Crippen LogP contribution is -2.22. The van der Waals surface area contributed by atoms with Gasteiger partial charge in [-0.3, -0.25) is 0 Å². The second-order valence-electron chi connectivity index (χ2n) is 6.88. The summed E-state index contributed by atoms with van der Waals surface area (Å²) in [5, 5.41) is 23.8. The maximum atomic E-state index is 11.4. The molecule has 0 radical (unpaired) electrons. The average Bonchev–Trinajstić information content (AvgIpc) is 3.08. The molecular formula is C22H17BrN4O4. The number of benzene rings is 2. The van der Waals surface area contributed by atoms with Gasteiger partial charge >= 0.3 is 5.97 Å². The maximum Gasteiger partial charge on any atom is 0.335 e. The highest BCUT2D eigenvalue weighted by atomic mass is 79.9. The third-order valence-corrected chi connectivity index (χ3v) is 5.57. The SMILES string of the molecule is COc1ccc(Br)cc1C1C(C#N)=C(N)Oc2c1c(C)nn2-c1cccc(C(=O)O)c1. The van der Waals surface area contributed by atoms with Gasteiger partial charge in [-0.2, -0.15) is 10.4 Å². The van der Waals surface area contributed by atoms with Gasteiger partial charge in [0.15, 0.2) is 0 Å². The number of carboxylic acids is 1. The topological polar surface area (TPSA) is 123 Å². The Labute approximate surface area is 186 Å². The molecule has 0 bridgehead atoms. The lowest BCUT2D eigenvalue weighted by Gasteiger charge is -2.26. The van der Waals surface area contributed by atoms with Crippen LogP contribution in [0, 0.1) is 18.3 Å². The summed E-state index contributed by atoms with van der Waals surface area (Å²) in [6.07, 6.45) is 0. The van der Waals surface area contributed by atoms with Crippen molar-refractivity contribution in [3.8, 4) is 23.4 Å². The smallest absolute Gasteiger partial charge is 0.335 e. The fourth-order valence-electron chi connectivity index (χ4n) is 3.70. The molecule has 4 rings (SSSR count). The molecule has 1 atom stereocenters. The number of allylic oxidation sites excluding steroid dienone is 1. The van der Waals surface area contributed by atoms with Crippen molar-refractivity contribution in [1.82, 2.24) is 9.78 Å². The predicted octanol–water partition coefficient (Wildman–Crippen LogP) is 3.87. The van der Waals surface area contributed by atoms with E-state index in [2.05, 4.69) is 27.1 Å². The Morgan fingerprint density at radius 1 is 1.35 bits per heavy atom. The predicted molar refractivity (Wildman–Crippen MR) is 115 cm³/mol. The first-order valence-electron chi connectivity index (χ1n) is 9.20. The molecule has 0 saturated heterocycles. The van der Waals surface area contributed by atoms with Crippen LogP contribution in [0.4, 0.5) is 0 Å². The van der Waals surface area contributed by atoms with E-state index in [9.17, 15) is 15.2 Å². The van der Waals surface area contributed by atoms with Crippen LogP contribution in [0.15, 0.2) is 58.4 Å². The lowest BCUT2D eigenvalue weighted by atomic mass is 9.83. The molecule has 2 aromatic carbocycles. The van der Waals surface area contributed by atoms with Crippen molar-refractivity contribution >= 4 is 21.9 Å². The molecule has 9 heteroatoms. The van der Waals surface area contributed by atoms with Crippen LogP contribution in [0.5, 0.6) is 11.6 Å². The number of fused-ring (bicyclic) bond motifs is 1. The first kappa shape index (κ1) is 20.5. The quantitative estimate of drug-likeness (QED) is 0.580. The van der Waals surface area contributed by atoms with Gasteiger partial charge in [0.05, 0.1) is 35.5 Å². The molecule has 1 unspecified atom stereocenters. The van der Waals surface area contributed by atoms with Crippen molar-refractivity contribution in [3.63, 3.8) is 0 Å². The van der Waals surface area contributed by atoms with E-state index in [4.69, 9.17) is 15.2 Å². The Hall–Kier alpha value is -3.77. The first-order chi connectivity index (χ1) is 14.8. The number of nitrogens with two attached hydrogens (primary N) is 1. The summed E-state index contributed by atoms with van der Waals surface area (Å²) >= 11 is 3.48. The summed E-state index contributed by atoms with van der Waals surface area (Å²) in [7, 11) is 1.56. The highest BCUT2D eigenvalue weighted by Crippen LogP contribution is 2.47. The minimum absolute atomic E-state index is 0.0439. The normalized spacial score (nSPS) is 15.1. The fourth-order valence-corrected chi connectivity index (χ4v) is 4.08. The minimum Gasteiger partial charge on any atom is -0.496 e. The molecule has 8 nitrogen and oxygen atoms in total. The largest absolute Gasteiger partial charge is 0.496 e. The van der Waals surface area contributed by atoms with Gasteiger partial charge in [-0.1, -0.05) is 22.0 Å². The molecule has 0 fully saturated rings. The molecule has 156 valence electrons. The second kappa shape index (κ2) is 7.81. The zero-order valence-corrected chi connectivity index (χ0v) is 18.2. The van der Waals surface area contributed by atoms with E-state index in [0.717, 1.165) is 10.0 Å². The number of rotatable bonds is 4. The third kappa shape index (κ3) is 3.41. The number of ether oxygens (including phenoxy) is 2. The summed E-state index contributed by atoms with van der Waals surface area (Å²) < 4.78 is 13.7. The van der Waals surface area contributed by atoms with Crippen LogP contribution in [0.2, 0.25) is 0 Å². The Balaban J connectivity index is 1.98. The van der Waals surface area contributed by atoms with Crippen LogP contribution in [0.3, 0.4) is 0 Å². The number of carbonyl (C=O) groups is 1. The summed E-state index contributed by atoms with van der Waals surface area (Å²) in [5.74, 6) is -0.760. The molecule has 1 aromatic heterocycles. The number of hydrogen-bond donors (Lipinski definition) is 2. The van der Waals surface area contributed by atoms with Crippen LogP contribution >= 0.6 is 15.9 Å². The highest BCUT2D eigenvalue weighted by Gasteiger charge is 2.37. The number of aromatic nitrogens is 2. The van der Waals surface area contributed by atoms with Crippen LogP contribution in [0.1, 0.15) is 33.1 Å². The number of methoxy groups -OCH3 is 1. The number of carboxylic acid groups (broad SMARTS) is 1. The second-order valence-corrected chi connectivity index (χ2v) is 7.80. The zero-order valence-electron chi connectivity index (χ0n) is 16.6. The van der Waals surface area contributed by atoms with Crippen molar-refractivity contribution in [1.29, 1.82) is 5.26 Å². The van der Waals surface area contributed by atoms with Crippen molar-refractivity contribution in [3.05, 3.63) is 80.8 Å².